The highest BCUT2D eigenvalue weighted by atomic mass is 79.9. The summed E-state index contributed by atoms with van der Waals surface area (Å²) in [5, 5.41) is 11.4. The number of nitrogens with zero attached hydrogens (tertiary/aromatic N) is 2. The fourth-order valence-electron chi connectivity index (χ4n) is 1.70. The number of oxime groups is 1. The lowest BCUT2D eigenvalue weighted by atomic mass is 10.1. The minimum atomic E-state index is -0.302. The molecule has 1 aliphatic heterocycles. The van der Waals surface area contributed by atoms with E-state index in [0.717, 1.165) is 4.90 Å². The Hall–Kier alpha value is -1.69. The van der Waals surface area contributed by atoms with Gasteiger partial charge in [-0.3, -0.25) is 14.5 Å². The summed E-state index contributed by atoms with van der Waals surface area (Å²) in [7, 11) is 0. The van der Waals surface area contributed by atoms with Gasteiger partial charge >= 0.3 is 0 Å². The van der Waals surface area contributed by atoms with Gasteiger partial charge in [0, 0.05) is 13.0 Å². The van der Waals surface area contributed by atoms with E-state index >= 15 is 0 Å². The number of fused-ring (bicyclic) bond motifs is 1. The van der Waals surface area contributed by atoms with Gasteiger partial charge < -0.3 is 5.21 Å². The van der Waals surface area contributed by atoms with E-state index in [1.54, 1.807) is 24.3 Å². The van der Waals surface area contributed by atoms with Gasteiger partial charge in [-0.2, -0.15) is 0 Å². The minimum absolute atomic E-state index is 0.191. The van der Waals surface area contributed by atoms with Crippen LogP contribution < -0.4 is 0 Å². The molecule has 1 aromatic carbocycles. The summed E-state index contributed by atoms with van der Waals surface area (Å²) in [5.74, 6) is -0.604. The molecule has 0 aliphatic carbocycles. The SMILES string of the molecule is O=C1c2ccccc2C(=O)N1CC/C(Br)=N\O. The summed E-state index contributed by atoms with van der Waals surface area (Å²) in [6.07, 6.45) is 0.294. The maximum Gasteiger partial charge on any atom is 0.261 e. The first-order valence-electron chi connectivity index (χ1n) is 4.97. The molecule has 17 heavy (non-hydrogen) atoms. The summed E-state index contributed by atoms with van der Waals surface area (Å²) in [5.41, 5.74) is 0.851. The molecule has 1 aliphatic rings. The summed E-state index contributed by atoms with van der Waals surface area (Å²) >= 11 is 3.01. The van der Waals surface area contributed by atoms with Crippen molar-refractivity contribution in [2.24, 2.45) is 5.16 Å². The molecule has 1 heterocycles. The Morgan fingerprint density at radius 1 is 1.24 bits per heavy atom. The minimum Gasteiger partial charge on any atom is -0.410 e. The molecule has 0 atom stereocenters. The second-order valence-electron chi connectivity index (χ2n) is 3.53. The van der Waals surface area contributed by atoms with Gasteiger partial charge in [0.2, 0.25) is 0 Å². The maximum absolute atomic E-state index is 11.9. The number of imide groups is 1. The average molecular weight is 297 g/mol. The van der Waals surface area contributed by atoms with E-state index in [4.69, 9.17) is 5.21 Å². The van der Waals surface area contributed by atoms with E-state index < -0.39 is 0 Å². The third-order valence-electron chi connectivity index (χ3n) is 2.53. The lowest BCUT2D eigenvalue weighted by Crippen LogP contribution is -2.31. The van der Waals surface area contributed by atoms with Gasteiger partial charge in [-0.15, -0.1) is 0 Å². The van der Waals surface area contributed by atoms with Crippen molar-refractivity contribution in [1.29, 1.82) is 0 Å². The molecule has 0 radical (unpaired) electrons. The van der Waals surface area contributed by atoms with Crippen LogP contribution >= 0.6 is 15.9 Å². The molecule has 0 fully saturated rings. The fraction of sp³-hybridized carbons (Fsp3) is 0.182. The van der Waals surface area contributed by atoms with Gasteiger partial charge in [-0.05, 0) is 28.1 Å². The lowest BCUT2D eigenvalue weighted by molar-refractivity contribution is 0.0658. The Morgan fingerprint density at radius 2 is 1.76 bits per heavy atom. The highest BCUT2D eigenvalue weighted by Crippen LogP contribution is 2.22. The van der Waals surface area contributed by atoms with E-state index in [1.165, 1.54) is 0 Å². The van der Waals surface area contributed by atoms with Crippen LogP contribution in [-0.4, -0.2) is 33.1 Å². The van der Waals surface area contributed by atoms with Crippen molar-refractivity contribution in [2.75, 3.05) is 6.54 Å². The largest absolute Gasteiger partial charge is 0.410 e. The molecular formula is C11H9BrN2O3. The molecule has 0 saturated carbocycles. The van der Waals surface area contributed by atoms with Crippen LogP contribution in [0.1, 0.15) is 27.1 Å². The van der Waals surface area contributed by atoms with Crippen LogP contribution in [0.3, 0.4) is 0 Å². The van der Waals surface area contributed by atoms with Crippen LogP contribution in [0.5, 0.6) is 0 Å². The summed E-state index contributed by atoms with van der Waals surface area (Å²) < 4.78 is 0.300. The van der Waals surface area contributed by atoms with Crippen molar-refractivity contribution < 1.29 is 14.8 Å². The Morgan fingerprint density at radius 3 is 2.24 bits per heavy atom. The standard InChI is InChI=1S/C11H9BrN2O3/c12-9(13-17)5-6-14-10(15)7-3-1-2-4-8(7)11(14)16/h1-4,17H,5-6H2/b13-9+. The van der Waals surface area contributed by atoms with Gasteiger partial charge in [0.15, 0.2) is 0 Å². The topological polar surface area (TPSA) is 70.0 Å². The van der Waals surface area contributed by atoms with E-state index in [2.05, 4.69) is 21.1 Å². The van der Waals surface area contributed by atoms with Crippen LogP contribution in [0.25, 0.3) is 0 Å². The van der Waals surface area contributed by atoms with Crippen molar-refractivity contribution in [3.63, 3.8) is 0 Å². The molecule has 0 aromatic heterocycles. The van der Waals surface area contributed by atoms with Crippen molar-refractivity contribution >= 4 is 32.4 Å². The van der Waals surface area contributed by atoms with Crippen molar-refractivity contribution in [3.8, 4) is 0 Å². The number of hydrogen-bond donors (Lipinski definition) is 1. The summed E-state index contributed by atoms with van der Waals surface area (Å²) in [6.45, 7) is 0.191. The van der Waals surface area contributed by atoms with Gasteiger partial charge in [-0.25, -0.2) is 0 Å². The molecule has 88 valence electrons. The Labute approximate surface area is 106 Å². The number of amides is 2. The molecule has 6 heteroatoms. The second-order valence-corrected chi connectivity index (χ2v) is 4.45. The predicted octanol–water partition coefficient (Wildman–Crippen LogP) is 1.86. The van der Waals surface area contributed by atoms with Crippen LogP contribution in [0, 0.1) is 0 Å². The highest BCUT2D eigenvalue weighted by molar-refractivity contribution is 9.18. The molecular weight excluding hydrogens is 288 g/mol. The van der Waals surface area contributed by atoms with Crippen molar-refractivity contribution in [2.45, 2.75) is 6.42 Å². The first-order valence-corrected chi connectivity index (χ1v) is 5.76. The first-order chi connectivity index (χ1) is 8.15. The van der Waals surface area contributed by atoms with Gasteiger partial charge in [0.1, 0.15) is 4.62 Å². The second kappa shape index (κ2) is 4.67. The molecule has 0 bridgehead atoms. The molecule has 0 saturated heterocycles. The van der Waals surface area contributed by atoms with Crippen LogP contribution in [0.2, 0.25) is 0 Å². The Balaban J connectivity index is 2.19. The number of rotatable bonds is 3. The smallest absolute Gasteiger partial charge is 0.261 e. The van der Waals surface area contributed by atoms with E-state index in [-0.39, 0.29) is 18.4 Å². The monoisotopic (exact) mass is 296 g/mol. The van der Waals surface area contributed by atoms with E-state index in [1.807, 2.05) is 0 Å². The maximum atomic E-state index is 11.9. The summed E-state index contributed by atoms with van der Waals surface area (Å²) in [4.78, 5) is 24.9. The number of halogens is 1. The fourth-order valence-corrected chi connectivity index (χ4v) is 1.87. The molecule has 0 spiro atoms. The van der Waals surface area contributed by atoms with Crippen molar-refractivity contribution in [3.05, 3.63) is 35.4 Å². The molecule has 0 unspecified atom stereocenters. The zero-order valence-electron chi connectivity index (χ0n) is 8.76. The Kier molecular flexibility index (Phi) is 3.23. The van der Waals surface area contributed by atoms with E-state index in [9.17, 15) is 9.59 Å². The number of carbonyl (C=O) groups excluding carboxylic acids is 2. The van der Waals surface area contributed by atoms with Gasteiger partial charge in [0.05, 0.1) is 11.1 Å². The third-order valence-corrected chi connectivity index (χ3v) is 3.08. The summed E-state index contributed by atoms with van der Waals surface area (Å²) in [6, 6.07) is 6.70. The van der Waals surface area contributed by atoms with Gasteiger partial charge in [-0.1, -0.05) is 17.3 Å². The quantitative estimate of drug-likeness (QED) is 0.400. The molecule has 5 nitrogen and oxygen atoms in total. The number of carbonyl (C=O) groups is 2. The molecule has 2 rings (SSSR count). The van der Waals surface area contributed by atoms with Crippen LogP contribution in [0.15, 0.2) is 29.4 Å². The average Bonchev–Trinajstić information content (AvgIpc) is 2.60. The lowest BCUT2D eigenvalue weighted by Gasteiger charge is -2.12. The predicted molar refractivity (Wildman–Crippen MR) is 64.6 cm³/mol. The molecule has 1 N–H and O–H groups in total. The first kappa shape index (κ1) is 11.8. The van der Waals surface area contributed by atoms with Crippen LogP contribution in [-0.2, 0) is 0 Å². The number of benzene rings is 1. The third kappa shape index (κ3) is 2.08. The molecule has 2 amide bonds. The zero-order chi connectivity index (χ0) is 12.4. The number of hydrogen-bond acceptors (Lipinski definition) is 4. The zero-order valence-corrected chi connectivity index (χ0v) is 10.3. The molecule has 1 aromatic rings. The normalized spacial score (nSPS) is 15.4. The van der Waals surface area contributed by atoms with E-state index in [0.29, 0.717) is 22.2 Å². The van der Waals surface area contributed by atoms with Gasteiger partial charge in [0.25, 0.3) is 11.8 Å². The van der Waals surface area contributed by atoms with Crippen LogP contribution in [0.4, 0.5) is 0 Å². The Bertz CT molecular complexity index is 478. The highest BCUT2D eigenvalue weighted by Gasteiger charge is 2.34. The van der Waals surface area contributed by atoms with Crippen molar-refractivity contribution in [1.82, 2.24) is 4.90 Å².